The first-order valence-electron chi connectivity index (χ1n) is 6.41. The van der Waals surface area contributed by atoms with Gasteiger partial charge in [-0.15, -0.1) is 0 Å². The minimum Gasteiger partial charge on any atom is -0.385 e. The van der Waals surface area contributed by atoms with Crippen LogP contribution in [0.5, 0.6) is 0 Å². The van der Waals surface area contributed by atoms with Crippen molar-refractivity contribution in [1.82, 2.24) is 10.2 Å². The summed E-state index contributed by atoms with van der Waals surface area (Å²) in [6.07, 6.45) is 2.84. The molecule has 100 valence electrons. The van der Waals surface area contributed by atoms with Crippen molar-refractivity contribution in [3.8, 4) is 0 Å². The number of amides is 1. The number of hydrogen-bond acceptors (Lipinski definition) is 4. The SMILES string of the molecule is COCCCNC(=O)C(C)N1CCC(N)CC1. The molecule has 0 bridgehead atoms. The van der Waals surface area contributed by atoms with Crippen LogP contribution in [0.2, 0.25) is 0 Å². The fraction of sp³-hybridized carbons (Fsp3) is 0.917. The van der Waals surface area contributed by atoms with E-state index < -0.39 is 0 Å². The van der Waals surface area contributed by atoms with E-state index in [2.05, 4.69) is 10.2 Å². The number of nitrogens with zero attached hydrogens (tertiary/aromatic N) is 1. The van der Waals surface area contributed by atoms with Crippen molar-refractivity contribution in [2.45, 2.75) is 38.3 Å². The van der Waals surface area contributed by atoms with E-state index in [4.69, 9.17) is 10.5 Å². The van der Waals surface area contributed by atoms with Gasteiger partial charge in [-0.3, -0.25) is 9.69 Å². The van der Waals surface area contributed by atoms with Crippen LogP contribution in [0.4, 0.5) is 0 Å². The Morgan fingerprint density at radius 2 is 2.18 bits per heavy atom. The van der Waals surface area contributed by atoms with Gasteiger partial charge in [-0.2, -0.15) is 0 Å². The summed E-state index contributed by atoms with van der Waals surface area (Å²) < 4.78 is 4.94. The number of carbonyl (C=O) groups excluding carboxylic acids is 1. The predicted octanol–water partition coefficient (Wildman–Crippen LogP) is -0.0493. The van der Waals surface area contributed by atoms with E-state index in [0.29, 0.717) is 19.2 Å². The molecule has 5 nitrogen and oxygen atoms in total. The van der Waals surface area contributed by atoms with Gasteiger partial charge in [0, 0.05) is 39.4 Å². The first-order valence-corrected chi connectivity index (χ1v) is 6.41. The third kappa shape index (κ3) is 5.02. The second-order valence-electron chi connectivity index (χ2n) is 4.69. The molecule has 1 fully saturated rings. The van der Waals surface area contributed by atoms with Crippen LogP contribution in [0, 0.1) is 0 Å². The fourth-order valence-corrected chi connectivity index (χ4v) is 2.05. The van der Waals surface area contributed by atoms with Crippen LogP contribution in [0.15, 0.2) is 0 Å². The molecule has 0 aromatic carbocycles. The number of ether oxygens (including phenoxy) is 1. The van der Waals surface area contributed by atoms with Crippen molar-refractivity contribution in [3.63, 3.8) is 0 Å². The maximum absolute atomic E-state index is 11.9. The molecule has 1 heterocycles. The molecule has 17 heavy (non-hydrogen) atoms. The summed E-state index contributed by atoms with van der Waals surface area (Å²) in [5.41, 5.74) is 5.85. The van der Waals surface area contributed by atoms with Gasteiger partial charge in [0.25, 0.3) is 0 Å². The van der Waals surface area contributed by atoms with Gasteiger partial charge in [-0.05, 0) is 26.2 Å². The number of likely N-dealkylation sites (tertiary alicyclic amines) is 1. The Morgan fingerprint density at radius 3 is 2.76 bits per heavy atom. The maximum atomic E-state index is 11.9. The molecule has 0 aromatic rings. The lowest BCUT2D eigenvalue weighted by Gasteiger charge is -2.33. The van der Waals surface area contributed by atoms with E-state index in [-0.39, 0.29) is 11.9 Å². The Balaban J connectivity index is 2.21. The Kier molecular flexibility index (Phi) is 6.47. The number of rotatable bonds is 6. The average molecular weight is 243 g/mol. The molecule has 1 amide bonds. The van der Waals surface area contributed by atoms with Crippen molar-refractivity contribution < 1.29 is 9.53 Å². The van der Waals surface area contributed by atoms with E-state index in [1.54, 1.807) is 7.11 Å². The summed E-state index contributed by atoms with van der Waals surface area (Å²) in [4.78, 5) is 14.1. The summed E-state index contributed by atoms with van der Waals surface area (Å²) in [6, 6.07) is 0.258. The molecule has 1 atom stereocenters. The molecule has 0 radical (unpaired) electrons. The van der Waals surface area contributed by atoms with E-state index in [1.165, 1.54) is 0 Å². The largest absolute Gasteiger partial charge is 0.385 e. The lowest BCUT2D eigenvalue weighted by molar-refractivity contribution is -0.126. The second kappa shape index (κ2) is 7.63. The standard InChI is InChI=1S/C12H25N3O2/c1-10(12(16)14-6-3-9-17-2)15-7-4-11(13)5-8-15/h10-11H,3-9,13H2,1-2H3,(H,14,16). The molecular weight excluding hydrogens is 218 g/mol. The lowest BCUT2D eigenvalue weighted by atomic mass is 10.0. The summed E-state index contributed by atoms with van der Waals surface area (Å²) in [6.45, 7) is 5.18. The van der Waals surface area contributed by atoms with Gasteiger partial charge in [0.1, 0.15) is 0 Å². The van der Waals surface area contributed by atoms with E-state index in [1.807, 2.05) is 6.92 Å². The second-order valence-corrected chi connectivity index (χ2v) is 4.69. The van der Waals surface area contributed by atoms with Crippen molar-refractivity contribution >= 4 is 5.91 Å². The van der Waals surface area contributed by atoms with E-state index in [9.17, 15) is 4.79 Å². The zero-order valence-corrected chi connectivity index (χ0v) is 10.9. The van der Waals surface area contributed by atoms with Crippen LogP contribution in [0.25, 0.3) is 0 Å². The van der Waals surface area contributed by atoms with Crippen molar-refractivity contribution in [2.75, 3.05) is 33.4 Å². The van der Waals surface area contributed by atoms with Crippen LogP contribution in [0.3, 0.4) is 0 Å². The van der Waals surface area contributed by atoms with Crippen LogP contribution in [-0.4, -0.2) is 56.2 Å². The molecule has 0 aliphatic carbocycles. The van der Waals surface area contributed by atoms with Crippen molar-refractivity contribution in [1.29, 1.82) is 0 Å². The van der Waals surface area contributed by atoms with E-state index in [0.717, 1.165) is 32.4 Å². The molecule has 0 aromatic heterocycles. The summed E-state index contributed by atoms with van der Waals surface area (Å²) in [5, 5.41) is 2.93. The molecule has 1 unspecified atom stereocenters. The normalized spacial score (nSPS) is 20.2. The summed E-state index contributed by atoms with van der Waals surface area (Å²) in [5.74, 6) is 0.108. The Bertz CT molecular complexity index is 228. The molecule has 1 rings (SSSR count). The van der Waals surface area contributed by atoms with Crippen LogP contribution >= 0.6 is 0 Å². The first-order chi connectivity index (χ1) is 8.15. The minimum absolute atomic E-state index is 0.0509. The smallest absolute Gasteiger partial charge is 0.237 e. The third-order valence-electron chi connectivity index (χ3n) is 3.33. The van der Waals surface area contributed by atoms with Crippen molar-refractivity contribution in [3.05, 3.63) is 0 Å². The highest BCUT2D eigenvalue weighted by Gasteiger charge is 2.24. The number of methoxy groups -OCH3 is 1. The molecule has 0 spiro atoms. The van der Waals surface area contributed by atoms with Gasteiger partial charge in [0.05, 0.1) is 6.04 Å². The van der Waals surface area contributed by atoms with Gasteiger partial charge in [0.15, 0.2) is 0 Å². The number of piperidine rings is 1. The minimum atomic E-state index is -0.0509. The van der Waals surface area contributed by atoms with Crippen LogP contribution in [0.1, 0.15) is 26.2 Å². The molecule has 5 heteroatoms. The van der Waals surface area contributed by atoms with Gasteiger partial charge in [0.2, 0.25) is 5.91 Å². The van der Waals surface area contributed by atoms with Gasteiger partial charge < -0.3 is 15.8 Å². The Hall–Kier alpha value is -0.650. The summed E-state index contributed by atoms with van der Waals surface area (Å²) in [7, 11) is 1.67. The summed E-state index contributed by atoms with van der Waals surface area (Å²) >= 11 is 0. The maximum Gasteiger partial charge on any atom is 0.237 e. The van der Waals surface area contributed by atoms with Gasteiger partial charge >= 0.3 is 0 Å². The molecule has 0 saturated carbocycles. The average Bonchev–Trinajstić information content (AvgIpc) is 2.34. The van der Waals surface area contributed by atoms with Gasteiger partial charge in [-0.1, -0.05) is 0 Å². The fourth-order valence-electron chi connectivity index (χ4n) is 2.05. The third-order valence-corrected chi connectivity index (χ3v) is 3.33. The lowest BCUT2D eigenvalue weighted by Crippen LogP contribution is -2.50. The zero-order chi connectivity index (χ0) is 12.7. The van der Waals surface area contributed by atoms with Gasteiger partial charge in [-0.25, -0.2) is 0 Å². The molecule has 3 N–H and O–H groups in total. The quantitative estimate of drug-likeness (QED) is 0.642. The van der Waals surface area contributed by atoms with E-state index >= 15 is 0 Å². The first kappa shape index (κ1) is 14.4. The number of nitrogens with two attached hydrogens (primary N) is 1. The molecule has 1 saturated heterocycles. The number of carbonyl (C=O) groups is 1. The Labute approximate surface area is 104 Å². The van der Waals surface area contributed by atoms with Crippen molar-refractivity contribution in [2.24, 2.45) is 5.73 Å². The number of nitrogens with one attached hydrogen (secondary N) is 1. The molecule has 1 aliphatic rings. The predicted molar refractivity (Wildman–Crippen MR) is 67.7 cm³/mol. The zero-order valence-electron chi connectivity index (χ0n) is 10.9. The van der Waals surface area contributed by atoms with Crippen LogP contribution in [-0.2, 0) is 9.53 Å². The Morgan fingerprint density at radius 1 is 1.53 bits per heavy atom. The highest BCUT2D eigenvalue weighted by molar-refractivity contribution is 5.81. The highest BCUT2D eigenvalue weighted by atomic mass is 16.5. The monoisotopic (exact) mass is 243 g/mol. The highest BCUT2D eigenvalue weighted by Crippen LogP contribution is 2.11. The molecule has 1 aliphatic heterocycles. The topological polar surface area (TPSA) is 67.6 Å². The van der Waals surface area contributed by atoms with Crippen LogP contribution < -0.4 is 11.1 Å². The number of hydrogen-bond donors (Lipinski definition) is 2. The molecular formula is C12H25N3O2.